The second kappa shape index (κ2) is 142. The van der Waals surface area contributed by atoms with E-state index in [9.17, 15) is 0 Å². The van der Waals surface area contributed by atoms with Gasteiger partial charge in [-0.25, -0.2) is 0 Å². The van der Waals surface area contributed by atoms with Gasteiger partial charge in [0.2, 0.25) is 0 Å². The fourth-order valence-electron chi connectivity index (χ4n) is 0. The van der Waals surface area contributed by atoms with Crippen molar-refractivity contribution in [2.24, 2.45) is 0 Å². The van der Waals surface area contributed by atoms with Crippen molar-refractivity contribution in [3.05, 3.63) is 54.3 Å². The largest absolute Gasteiger partial charge is 4.00 e. The molecule has 0 aromatic heterocycles. The van der Waals surface area contributed by atoms with Gasteiger partial charge in [0.1, 0.15) is 0 Å². The minimum Gasteiger partial charge on any atom is -0.373 e. The third kappa shape index (κ3) is 433. The third-order valence-electron chi connectivity index (χ3n) is 0. The monoisotopic (exact) mass is 217 g/mol. The van der Waals surface area contributed by atoms with Crippen LogP contribution in [0.2, 0.25) is 0 Å². The average Bonchev–Trinajstić information content (AvgIpc) is 1.92. The molecule has 0 spiro atoms. The van der Waals surface area contributed by atoms with Crippen LogP contribution in [0.15, 0.2) is 0 Å². The molecular formula is C3H7N9Ti. The molecule has 0 amide bonds. The molecule has 9 nitrogen and oxygen atoms in total. The Labute approximate surface area is 90.3 Å². The van der Waals surface area contributed by atoms with Gasteiger partial charge in [-0.3, -0.25) is 14.7 Å². The number of rotatable bonds is 0. The summed E-state index contributed by atoms with van der Waals surface area (Å²) in [5.41, 5.74) is 40.5. The first-order valence-electron chi connectivity index (χ1n) is 2.35. The van der Waals surface area contributed by atoms with Gasteiger partial charge in [0.05, 0.1) is 0 Å². The molecule has 13 heavy (non-hydrogen) atoms. The molecule has 0 radical (unpaired) electrons. The van der Waals surface area contributed by atoms with Crippen molar-refractivity contribution in [3.63, 3.8) is 0 Å². The van der Waals surface area contributed by atoms with E-state index in [1.165, 1.54) is 14.7 Å². The Hall–Kier alpha value is -1.36. The van der Waals surface area contributed by atoms with Crippen LogP contribution in [0.4, 0.5) is 0 Å². The van der Waals surface area contributed by atoms with Crippen LogP contribution in [0, 0.1) is 6.42 Å². The molecule has 0 rings (SSSR count). The topological polar surface area (TPSA) is 176 Å². The zero-order valence-corrected chi connectivity index (χ0v) is 8.66. The van der Waals surface area contributed by atoms with Crippen molar-refractivity contribution in [2.45, 2.75) is 13.8 Å². The van der Waals surface area contributed by atoms with Gasteiger partial charge < -0.3 is 39.6 Å². The standard InChI is InChI=1S/C3H7.3N3.Ti/c4*1-3-2;/h3H,1-2H3;;;;/q4*-1;+4. The Morgan fingerprint density at radius 2 is 0.692 bits per heavy atom. The van der Waals surface area contributed by atoms with Crippen molar-refractivity contribution in [1.82, 2.24) is 0 Å². The molecular weight excluding hydrogens is 210 g/mol. The second-order valence-electron chi connectivity index (χ2n) is 0.846. The molecule has 0 aliphatic rings. The maximum Gasteiger partial charge on any atom is 4.00 e. The van der Waals surface area contributed by atoms with Gasteiger partial charge in [-0.15, -0.1) is 0 Å². The van der Waals surface area contributed by atoms with E-state index in [1.807, 2.05) is 20.3 Å². The SMILES string of the molecule is C[CH-]C.[N-]=[N+]=[N-].[N-]=[N+]=[N-].[N-]=[N+]=[N-].[Ti+4]. The van der Waals surface area contributed by atoms with Crippen LogP contribution in [-0.2, 0) is 21.7 Å². The molecule has 0 fully saturated rings. The van der Waals surface area contributed by atoms with E-state index in [2.05, 4.69) is 0 Å². The number of hydrogen-bond acceptors (Lipinski definition) is 0. The van der Waals surface area contributed by atoms with E-state index in [-0.39, 0.29) is 21.7 Å². The summed E-state index contributed by atoms with van der Waals surface area (Å²) in [6.07, 6.45) is 2.00. The van der Waals surface area contributed by atoms with Crippen LogP contribution < -0.4 is 0 Å². The van der Waals surface area contributed by atoms with Gasteiger partial charge in [0, 0.05) is 0 Å². The first-order valence-corrected chi connectivity index (χ1v) is 2.35. The predicted molar refractivity (Wildman–Crippen MR) is 45.9 cm³/mol. The Morgan fingerprint density at radius 3 is 0.692 bits per heavy atom. The Morgan fingerprint density at radius 1 is 0.692 bits per heavy atom. The van der Waals surface area contributed by atoms with E-state index in [0.717, 1.165) is 0 Å². The summed E-state index contributed by atoms with van der Waals surface area (Å²) in [7, 11) is 0. The van der Waals surface area contributed by atoms with Crippen molar-refractivity contribution in [2.75, 3.05) is 0 Å². The maximum absolute atomic E-state index is 6.75. The fraction of sp³-hybridized carbons (Fsp3) is 0.667. The Bertz CT molecular complexity index is 118. The van der Waals surface area contributed by atoms with E-state index in [4.69, 9.17) is 33.2 Å². The summed E-state index contributed by atoms with van der Waals surface area (Å²) in [6.45, 7) is 4.00. The molecule has 0 saturated carbocycles. The van der Waals surface area contributed by atoms with Crippen LogP contribution in [0.1, 0.15) is 13.8 Å². The van der Waals surface area contributed by atoms with Crippen LogP contribution >= 0.6 is 0 Å². The smallest absolute Gasteiger partial charge is 0.373 e. The molecule has 0 N–H and O–H groups in total. The van der Waals surface area contributed by atoms with Gasteiger partial charge in [-0.05, 0) is 0 Å². The molecule has 68 valence electrons. The fourth-order valence-corrected chi connectivity index (χ4v) is 0. The summed E-state index contributed by atoms with van der Waals surface area (Å²) in [5.74, 6) is 0. The summed E-state index contributed by atoms with van der Waals surface area (Å²) in [4.78, 5) is 4.50. The van der Waals surface area contributed by atoms with Gasteiger partial charge >= 0.3 is 21.7 Å². The van der Waals surface area contributed by atoms with E-state index < -0.39 is 0 Å². The quantitative estimate of drug-likeness (QED) is 0.188. The number of hydrogen-bond donors (Lipinski definition) is 0. The zero-order valence-electron chi connectivity index (χ0n) is 7.10. The molecule has 0 aliphatic carbocycles. The Kier molecular flexibility index (Phi) is 325. The molecule has 0 aromatic carbocycles. The minimum absolute atomic E-state index is 0. The van der Waals surface area contributed by atoms with Gasteiger partial charge in [-0.2, -0.15) is 13.8 Å². The minimum atomic E-state index is 0. The summed E-state index contributed by atoms with van der Waals surface area (Å²) in [6, 6.07) is 0. The van der Waals surface area contributed by atoms with Gasteiger partial charge in [0.15, 0.2) is 0 Å². The molecule has 0 aliphatic heterocycles. The second-order valence-corrected chi connectivity index (χ2v) is 0.846. The van der Waals surface area contributed by atoms with Crippen molar-refractivity contribution >= 4 is 0 Å². The predicted octanol–water partition coefficient (Wildman–Crippen LogP) is 3.83. The van der Waals surface area contributed by atoms with Crippen LogP contribution in [-0.4, -0.2) is 0 Å². The van der Waals surface area contributed by atoms with Gasteiger partial charge in [-0.1, -0.05) is 0 Å². The van der Waals surface area contributed by atoms with Gasteiger partial charge in [0.25, 0.3) is 0 Å². The number of nitrogens with zero attached hydrogens (tertiary/aromatic N) is 9. The normalized spacial score (nSPS) is 3.23. The Balaban J connectivity index is -0.0000000213. The van der Waals surface area contributed by atoms with E-state index in [1.54, 1.807) is 0 Å². The van der Waals surface area contributed by atoms with Crippen molar-refractivity contribution in [1.29, 1.82) is 0 Å². The molecule has 0 aromatic rings. The van der Waals surface area contributed by atoms with E-state index >= 15 is 0 Å². The third-order valence-corrected chi connectivity index (χ3v) is 0. The summed E-state index contributed by atoms with van der Waals surface area (Å²) < 4.78 is 0. The molecule has 0 bridgehead atoms. The van der Waals surface area contributed by atoms with E-state index in [0.29, 0.717) is 0 Å². The maximum atomic E-state index is 6.75. The molecule has 0 atom stereocenters. The average molecular weight is 217 g/mol. The van der Waals surface area contributed by atoms with Crippen molar-refractivity contribution < 1.29 is 21.7 Å². The van der Waals surface area contributed by atoms with Crippen LogP contribution in [0.3, 0.4) is 0 Å². The molecule has 10 heteroatoms. The van der Waals surface area contributed by atoms with Crippen LogP contribution in [0.25, 0.3) is 47.9 Å². The summed E-state index contributed by atoms with van der Waals surface area (Å²) >= 11 is 0. The molecule has 0 heterocycles. The van der Waals surface area contributed by atoms with Crippen molar-refractivity contribution in [3.8, 4) is 0 Å². The summed E-state index contributed by atoms with van der Waals surface area (Å²) in [5, 5.41) is 0. The van der Waals surface area contributed by atoms with Crippen LogP contribution in [0.5, 0.6) is 0 Å². The first-order chi connectivity index (χ1) is 5.66. The molecule has 0 saturated heterocycles. The molecule has 0 unspecified atom stereocenters. The zero-order chi connectivity index (χ0) is 10.8. The first kappa shape index (κ1) is 29.9.